The highest BCUT2D eigenvalue weighted by atomic mass is 32.2. The lowest BCUT2D eigenvalue weighted by molar-refractivity contribution is 0.0507. The van der Waals surface area contributed by atoms with Crippen LogP contribution in [-0.2, 0) is 14.8 Å². The Morgan fingerprint density at radius 3 is 2.48 bits per heavy atom. The molecular formula is C15H21FN2O4S. The summed E-state index contributed by atoms with van der Waals surface area (Å²) in [5, 5.41) is 2.67. The molecule has 6 nitrogen and oxygen atoms in total. The van der Waals surface area contributed by atoms with Crippen LogP contribution >= 0.6 is 0 Å². The Labute approximate surface area is 135 Å². The molecule has 0 spiro atoms. The lowest BCUT2D eigenvalue weighted by Gasteiger charge is -2.22. The second kappa shape index (κ2) is 6.45. The number of ether oxygens (including phenoxy) is 1. The third-order valence-corrected chi connectivity index (χ3v) is 5.20. The third-order valence-electron chi connectivity index (χ3n) is 3.32. The van der Waals surface area contributed by atoms with Gasteiger partial charge in [-0.05, 0) is 51.5 Å². The molecular weight excluding hydrogens is 323 g/mol. The maximum Gasteiger partial charge on any atom is 0.407 e. The fourth-order valence-corrected chi connectivity index (χ4v) is 3.79. The molecule has 1 saturated heterocycles. The molecule has 1 amide bonds. The van der Waals surface area contributed by atoms with Crippen molar-refractivity contribution < 1.29 is 22.3 Å². The van der Waals surface area contributed by atoms with Crippen molar-refractivity contribution in [1.82, 2.24) is 9.62 Å². The van der Waals surface area contributed by atoms with E-state index in [0.29, 0.717) is 13.0 Å². The number of hydrogen-bond donors (Lipinski definition) is 1. The summed E-state index contributed by atoms with van der Waals surface area (Å²) < 4.78 is 44.3. The minimum atomic E-state index is -3.68. The zero-order valence-electron chi connectivity index (χ0n) is 13.4. The van der Waals surface area contributed by atoms with Gasteiger partial charge in [-0.3, -0.25) is 0 Å². The molecule has 1 heterocycles. The molecule has 1 fully saturated rings. The molecule has 8 heteroatoms. The number of sulfonamides is 1. The molecule has 0 radical (unpaired) electrons. The molecule has 1 aromatic rings. The number of rotatable bonds is 3. The van der Waals surface area contributed by atoms with E-state index in [1.54, 1.807) is 20.8 Å². The molecule has 2 rings (SSSR count). The predicted octanol–water partition coefficient (Wildman–Crippen LogP) is 2.11. The number of alkyl carbamates (subject to hydrolysis) is 1. The minimum absolute atomic E-state index is 0.0387. The number of amides is 1. The Balaban J connectivity index is 1.99. The van der Waals surface area contributed by atoms with Gasteiger partial charge in [-0.15, -0.1) is 0 Å². The summed E-state index contributed by atoms with van der Waals surface area (Å²) in [5.74, 6) is -0.491. The van der Waals surface area contributed by atoms with Crippen LogP contribution in [0.5, 0.6) is 0 Å². The van der Waals surface area contributed by atoms with E-state index in [0.717, 1.165) is 12.1 Å². The van der Waals surface area contributed by atoms with E-state index < -0.39 is 27.5 Å². The number of carbonyl (C=O) groups is 1. The first-order chi connectivity index (χ1) is 10.6. The molecule has 128 valence electrons. The second-order valence-electron chi connectivity index (χ2n) is 6.45. The smallest absolute Gasteiger partial charge is 0.407 e. The van der Waals surface area contributed by atoms with E-state index in [1.165, 1.54) is 16.4 Å². The van der Waals surface area contributed by atoms with Gasteiger partial charge in [0.15, 0.2) is 0 Å². The molecule has 0 bridgehead atoms. The Bertz CT molecular complexity index is 668. The Morgan fingerprint density at radius 2 is 1.91 bits per heavy atom. The largest absolute Gasteiger partial charge is 0.444 e. The summed E-state index contributed by atoms with van der Waals surface area (Å²) in [6.07, 6.45) is -0.0665. The van der Waals surface area contributed by atoms with Crippen LogP contribution in [0.15, 0.2) is 29.2 Å². The standard InChI is InChI=1S/C15H21FN2O4S/c1-15(2,3)22-14(19)17-12-8-9-18(10-12)23(20,21)13-6-4-11(16)5-7-13/h4-7,12H,8-10H2,1-3H3,(H,17,19)/t12-/m1/s1. The molecule has 1 atom stereocenters. The molecule has 1 N–H and O–H groups in total. The summed E-state index contributed by atoms with van der Waals surface area (Å²) in [6.45, 7) is 5.73. The number of benzene rings is 1. The summed E-state index contributed by atoms with van der Waals surface area (Å²) in [7, 11) is -3.68. The highest BCUT2D eigenvalue weighted by Gasteiger charge is 2.33. The van der Waals surface area contributed by atoms with Crippen LogP contribution < -0.4 is 5.32 Å². The number of halogens is 1. The van der Waals surface area contributed by atoms with Crippen LogP contribution in [-0.4, -0.2) is 43.5 Å². The van der Waals surface area contributed by atoms with Crippen molar-refractivity contribution in [2.75, 3.05) is 13.1 Å². The minimum Gasteiger partial charge on any atom is -0.444 e. The van der Waals surface area contributed by atoms with Crippen molar-refractivity contribution in [2.45, 2.75) is 43.7 Å². The molecule has 23 heavy (non-hydrogen) atoms. The molecule has 0 unspecified atom stereocenters. The molecule has 1 aliphatic heterocycles. The van der Waals surface area contributed by atoms with Crippen molar-refractivity contribution in [3.63, 3.8) is 0 Å². The van der Waals surface area contributed by atoms with Crippen LogP contribution in [0.4, 0.5) is 9.18 Å². The fourth-order valence-electron chi connectivity index (χ4n) is 2.29. The van der Waals surface area contributed by atoms with Gasteiger partial charge in [0.1, 0.15) is 11.4 Å². The first kappa shape index (κ1) is 17.7. The summed E-state index contributed by atoms with van der Waals surface area (Å²) >= 11 is 0. The SMILES string of the molecule is CC(C)(C)OC(=O)N[C@@H]1CCN(S(=O)(=O)c2ccc(F)cc2)C1. The van der Waals surface area contributed by atoms with Crippen LogP contribution in [0.1, 0.15) is 27.2 Å². The van der Waals surface area contributed by atoms with Crippen molar-refractivity contribution in [3.05, 3.63) is 30.1 Å². The summed E-state index contributed by atoms with van der Waals surface area (Å²) in [5.41, 5.74) is -0.609. The average molecular weight is 344 g/mol. The van der Waals surface area contributed by atoms with Gasteiger partial charge >= 0.3 is 6.09 Å². The van der Waals surface area contributed by atoms with E-state index in [2.05, 4.69) is 5.32 Å². The Hall–Kier alpha value is -1.67. The summed E-state index contributed by atoms with van der Waals surface area (Å²) in [4.78, 5) is 11.8. The zero-order valence-corrected chi connectivity index (χ0v) is 14.2. The van der Waals surface area contributed by atoms with Gasteiger partial charge in [-0.2, -0.15) is 4.31 Å². The van der Waals surface area contributed by atoms with Gasteiger partial charge in [0.2, 0.25) is 10.0 Å². The zero-order chi connectivity index (χ0) is 17.3. The lowest BCUT2D eigenvalue weighted by atomic mass is 10.2. The fraction of sp³-hybridized carbons (Fsp3) is 0.533. The topological polar surface area (TPSA) is 75.7 Å². The van der Waals surface area contributed by atoms with Gasteiger partial charge in [0.25, 0.3) is 0 Å². The number of nitrogens with one attached hydrogen (secondary N) is 1. The van der Waals surface area contributed by atoms with E-state index in [-0.39, 0.29) is 17.5 Å². The third kappa shape index (κ3) is 4.65. The quantitative estimate of drug-likeness (QED) is 0.911. The van der Waals surface area contributed by atoms with E-state index >= 15 is 0 Å². The van der Waals surface area contributed by atoms with Crippen molar-refractivity contribution in [1.29, 1.82) is 0 Å². The van der Waals surface area contributed by atoms with Crippen LogP contribution in [0.25, 0.3) is 0 Å². The lowest BCUT2D eigenvalue weighted by Crippen LogP contribution is -2.41. The predicted molar refractivity (Wildman–Crippen MR) is 82.9 cm³/mol. The number of nitrogens with zero attached hydrogens (tertiary/aromatic N) is 1. The number of carbonyl (C=O) groups excluding carboxylic acids is 1. The van der Waals surface area contributed by atoms with Crippen molar-refractivity contribution in [3.8, 4) is 0 Å². The van der Waals surface area contributed by atoms with E-state index in [4.69, 9.17) is 4.74 Å². The average Bonchev–Trinajstić information content (AvgIpc) is 2.86. The Kier molecular flexibility index (Phi) is 4.95. The highest BCUT2D eigenvalue weighted by molar-refractivity contribution is 7.89. The molecule has 0 saturated carbocycles. The first-order valence-corrected chi connectivity index (χ1v) is 8.77. The molecule has 1 aliphatic rings. The maximum absolute atomic E-state index is 12.9. The van der Waals surface area contributed by atoms with Crippen molar-refractivity contribution >= 4 is 16.1 Å². The van der Waals surface area contributed by atoms with Crippen LogP contribution in [0.3, 0.4) is 0 Å². The normalized spacial score (nSPS) is 19.6. The number of hydrogen-bond acceptors (Lipinski definition) is 4. The van der Waals surface area contributed by atoms with E-state index in [1.807, 2.05) is 0 Å². The van der Waals surface area contributed by atoms with Crippen LogP contribution in [0, 0.1) is 5.82 Å². The molecule has 1 aromatic carbocycles. The van der Waals surface area contributed by atoms with Gasteiger partial charge in [-0.1, -0.05) is 0 Å². The highest BCUT2D eigenvalue weighted by Crippen LogP contribution is 2.21. The Morgan fingerprint density at radius 1 is 1.30 bits per heavy atom. The molecule has 0 aromatic heterocycles. The maximum atomic E-state index is 12.9. The van der Waals surface area contributed by atoms with Gasteiger partial charge in [0.05, 0.1) is 4.90 Å². The molecule has 0 aliphatic carbocycles. The van der Waals surface area contributed by atoms with Gasteiger partial charge in [0, 0.05) is 19.1 Å². The summed E-state index contributed by atoms with van der Waals surface area (Å²) in [6, 6.07) is 4.39. The van der Waals surface area contributed by atoms with Crippen LogP contribution in [0.2, 0.25) is 0 Å². The van der Waals surface area contributed by atoms with Gasteiger partial charge in [-0.25, -0.2) is 17.6 Å². The van der Waals surface area contributed by atoms with Crippen molar-refractivity contribution in [2.24, 2.45) is 0 Å². The monoisotopic (exact) mass is 344 g/mol. The second-order valence-corrected chi connectivity index (χ2v) is 8.39. The van der Waals surface area contributed by atoms with E-state index in [9.17, 15) is 17.6 Å². The van der Waals surface area contributed by atoms with Gasteiger partial charge < -0.3 is 10.1 Å². The first-order valence-electron chi connectivity index (χ1n) is 7.33.